The largest absolute Gasteiger partial charge is 0.379 e. The number of carbonyl (C=O) groups excluding carboxylic acids is 1. The summed E-state index contributed by atoms with van der Waals surface area (Å²) >= 11 is 6.15. The van der Waals surface area contributed by atoms with E-state index in [1.807, 2.05) is 45.9 Å². The zero-order chi connectivity index (χ0) is 17.7. The molecule has 7 heteroatoms. The Hall–Kier alpha value is -1.92. The van der Waals surface area contributed by atoms with Gasteiger partial charge in [-0.3, -0.25) is 4.79 Å². The average molecular weight is 351 g/mol. The van der Waals surface area contributed by atoms with Gasteiger partial charge in [0, 0.05) is 18.2 Å². The first kappa shape index (κ1) is 18.4. The number of amides is 1. The van der Waals surface area contributed by atoms with Crippen LogP contribution >= 0.6 is 11.6 Å². The number of aryl methyl sites for hydroxylation is 1. The number of nitrogens with one attached hydrogen (secondary N) is 1. The van der Waals surface area contributed by atoms with E-state index in [1.165, 1.54) is 0 Å². The highest BCUT2D eigenvalue weighted by Crippen LogP contribution is 2.20. The van der Waals surface area contributed by atoms with Gasteiger partial charge in [-0.15, -0.1) is 5.10 Å². The fourth-order valence-corrected chi connectivity index (χ4v) is 2.35. The molecule has 0 fully saturated rings. The molecule has 0 radical (unpaired) electrons. The van der Waals surface area contributed by atoms with Crippen molar-refractivity contribution in [2.45, 2.75) is 40.2 Å². The molecular formula is C17H23ClN4O2. The first-order valence-corrected chi connectivity index (χ1v) is 8.36. The predicted octanol–water partition coefficient (Wildman–Crippen LogP) is 3.08. The molecule has 0 atom stereocenters. The quantitative estimate of drug-likeness (QED) is 0.779. The second kappa shape index (κ2) is 8.26. The molecule has 0 spiro atoms. The van der Waals surface area contributed by atoms with E-state index >= 15 is 0 Å². The van der Waals surface area contributed by atoms with Gasteiger partial charge >= 0.3 is 0 Å². The van der Waals surface area contributed by atoms with Crippen molar-refractivity contribution in [1.82, 2.24) is 20.3 Å². The molecule has 2 aromatic rings. The molecular weight excluding hydrogens is 328 g/mol. The molecule has 0 aliphatic carbocycles. The number of hydrogen-bond acceptors (Lipinski definition) is 4. The molecule has 0 aliphatic rings. The predicted molar refractivity (Wildman–Crippen MR) is 93.9 cm³/mol. The highest BCUT2D eigenvalue weighted by molar-refractivity contribution is 6.31. The van der Waals surface area contributed by atoms with Crippen molar-refractivity contribution in [2.24, 2.45) is 0 Å². The minimum atomic E-state index is -0.235. The van der Waals surface area contributed by atoms with E-state index in [0.717, 1.165) is 17.7 Å². The van der Waals surface area contributed by atoms with Crippen LogP contribution in [0.5, 0.6) is 0 Å². The summed E-state index contributed by atoms with van der Waals surface area (Å²) in [6, 6.07) is 5.62. The van der Waals surface area contributed by atoms with Gasteiger partial charge in [-0.1, -0.05) is 22.9 Å². The van der Waals surface area contributed by atoms with Crippen LogP contribution in [-0.2, 0) is 4.74 Å². The van der Waals surface area contributed by atoms with Crippen LogP contribution < -0.4 is 5.32 Å². The third-order valence-electron chi connectivity index (χ3n) is 3.57. The summed E-state index contributed by atoms with van der Waals surface area (Å²) in [6.07, 6.45) is 0.953. The molecule has 0 saturated carbocycles. The van der Waals surface area contributed by atoms with Crippen LogP contribution in [-0.4, -0.2) is 40.2 Å². The van der Waals surface area contributed by atoms with Crippen molar-refractivity contribution in [2.75, 3.05) is 13.2 Å². The third-order valence-corrected chi connectivity index (χ3v) is 3.97. The maximum atomic E-state index is 12.2. The van der Waals surface area contributed by atoms with Crippen LogP contribution in [0, 0.1) is 13.8 Å². The molecule has 24 heavy (non-hydrogen) atoms. The second-order valence-electron chi connectivity index (χ2n) is 5.90. The van der Waals surface area contributed by atoms with Gasteiger partial charge in [0.15, 0.2) is 5.69 Å². The lowest BCUT2D eigenvalue weighted by atomic mass is 10.2. The van der Waals surface area contributed by atoms with Gasteiger partial charge in [-0.2, -0.15) is 0 Å². The summed E-state index contributed by atoms with van der Waals surface area (Å²) in [6.45, 7) is 8.86. The molecule has 0 unspecified atom stereocenters. The van der Waals surface area contributed by atoms with Crippen LogP contribution in [0.1, 0.15) is 42.0 Å². The summed E-state index contributed by atoms with van der Waals surface area (Å²) in [7, 11) is 0. The smallest absolute Gasteiger partial charge is 0.273 e. The summed E-state index contributed by atoms with van der Waals surface area (Å²) in [5.74, 6) is -0.235. The topological polar surface area (TPSA) is 69.0 Å². The first-order valence-electron chi connectivity index (χ1n) is 7.98. The normalized spacial score (nSPS) is 11.1. The van der Waals surface area contributed by atoms with Gasteiger partial charge in [0.2, 0.25) is 0 Å². The number of halogens is 1. The third kappa shape index (κ3) is 4.55. The van der Waals surface area contributed by atoms with Crippen LogP contribution in [0.3, 0.4) is 0 Å². The minimum Gasteiger partial charge on any atom is -0.379 e. The van der Waals surface area contributed by atoms with Gasteiger partial charge in [0.1, 0.15) is 0 Å². The maximum Gasteiger partial charge on any atom is 0.273 e. The molecule has 6 nitrogen and oxygen atoms in total. The van der Waals surface area contributed by atoms with E-state index in [2.05, 4.69) is 15.6 Å². The Balaban J connectivity index is 2.01. The van der Waals surface area contributed by atoms with Crippen molar-refractivity contribution in [1.29, 1.82) is 0 Å². The van der Waals surface area contributed by atoms with Crippen LogP contribution in [0.2, 0.25) is 5.02 Å². The summed E-state index contributed by atoms with van der Waals surface area (Å²) in [5, 5.41) is 11.6. The number of nitrogens with zero attached hydrogens (tertiary/aromatic N) is 3. The number of aromatic nitrogens is 3. The van der Waals surface area contributed by atoms with Crippen molar-refractivity contribution in [3.8, 4) is 5.69 Å². The zero-order valence-corrected chi connectivity index (χ0v) is 15.2. The summed E-state index contributed by atoms with van der Waals surface area (Å²) < 4.78 is 7.05. The highest BCUT2D eigenvalue weighted by atomic mass is 35.5. The second-order valence-corrected chi connectivity index (χ2v) is 6.30. The van der Waals surface area contributed by atoms with E-state index in [1.54, 1.807) is 4.68 Å². The Morgan fingerprint density at radius 2 is 2.12 bits per heavy atom. The van der Waals surface area contributed by atoms with E-state index in [0.29, 0.717) is 29.6 Å². The van der Waals surface area contributed by atoms with Crippen LogP contribution in [0.15, 0.2) is 18.2 Å². The monoisotopic (exact) mass is 350 g/mol. The Bertz CT molecular complexity index is 713. The lowest BCUT2D eigenvalue weighted by Gasteiger charge is -2.08. The standard InChI is InChI=1S/C17H23ClN4O2/c1-11(2)24-9-5-8-19-17(23)16-13(4)22(21-20-16)14-7-6-12(3)15(18)10-14/h6-7,10-11H,5,8-9H2,1-4H3,(H,19,23). The summed E-state index contributed by atoms with van der Waals surface area (Å²) in [4.78, 5) is 12.2. The average Bonchev–Trinajstić information content (AvgIpc) is 2.91. The van der Waals surface area contributed by atoms with E-state index in [-0.39, 0.29) is 12.0 Å². The fourth-order valence-electron chi connectivity index (χ4n) is 2.17. The molecule has 1 amide bonds. The highest BCUT2D eigenvalue weighted by Gasteiger charge is 2.17. The van der Waals surface area contributed by atoms with Crippen LogP contribution in [0.4, 0.5) is 0 Å². The van der Waals surface area contributed by atoms with Gasteiger partial charge in [0.05, 0.1) is 17.5 Å². The van der Waals surface area contributed by atoms with Gasteiger partial charge < -0.3 is 10.1 Å². The number of ether oxygens (including phenoxy) is 1. The molecule has 1 heterocycles. The first-order chi connectivity index (χ1) is 11.4. The molecule has 1 aromatic heterocycles. The van der Waals surface area contributed by atoms with Crippen molar-refractivity contribution < 1.29 is 9.53 Å². The van der Waals surface area contributed by atoms with Gasteiger partial charge in [-0.05, 0) is 51.8 Å². The zero-order valence-electron chi connectivity index (χ0n) is 14.5. The van der Waals surface area contributed by atoms with Crippen LogP contribution in [0.25, 0.3) is 5.69 Å². The Kier molecular flexibility index (Phi) is 6.34. The van der Waals surface area contributed by atoms with Gasteiger partial charge in [-0.25, -0.2) is 4.68 Å². The minimum absolute atomic E-state index is 0.198. The van der Waals surface area contributed by atoms with Crippen molar-refractivity contribution in [3.05, 3.63) is 40.2 Å². The Morgan fingerprint density at radius 1 is 1.38 bits per heavy atom. The number of benzene rings is 1. The van der Waals surface area contributed by atoms with Gasteiger partial charge in [0.25, 0.3) is 5.91 Å². The van der Waals surface area contributed by atoms with E-state index in [9.17, 15) is 4.79 Å². The number of hydrogen-bond donors (Lipinski definition) is 1. The molecule has 2 rings (SSSR count). The Morgan fingerprint density at radius 3 is 2.79 bits per heavy atom. The van der Waals surface area contributed by atoms with E-state index < -0.39 is 0 Å². The van der Waals surface area contributed by atoms with Crippen molar-refractivity contribution in [3.63, 3.8) is 0 Å². The lowest BCUT2D eigenvalue weighted by Crippen LogP contribution is -2.26. The molecule has 1 N–H and O–H groups in total. The molecule has 0 saturated heterocycles. The molecule has 0 bridgehead atoms. The maximum absolute atomic E-state index is 12.2. The number of rotatable bonds is 7. The van der Waals surface area contributed by atoms with Crippen molar-refractivity contribution >= 4 is 17.5 Å². The molecule has 0 aliphatic heterocycles. The molecule has 1 aromatic carbocycles. The lowest BCUT2D eigenvalue weighted by molar-refractivity contribution is 0.0756. The molecule has 130 valence electrons. The summed E-state index contributed by atoms with van der Waals surface area (Å²) in [5.41, 5.74) is 2.75. The fraction of sp³-hybridized carbons (Fsp3) is 0.471. The SMILES string of the molecule is Cc1ccc(-n2nnc(C(=O)NCCCOC(C)C)c2C)cc1Cl. The Labute approximate surface area is 147 Å². The van der Waals surface area contributed by atoms with E-state index in [4.69, 9.17) is 16.3 Å². The number of carbonyl (C=O) groups is 1.